The number of nitrogens with one attached hydrogen (secondary N) is 1. The molecule has 2 aliphatic rings. The van der Waals surface area contributed by atoms with Gasteiger partial charge in [0.05, 0.1) is 0 Å². The second kappa shape index (κ2) is 13.6. The number of carboxylic acids is 3. The van der Waals surface area contributed by atoms with Crippen LogP contribution in [0.2, 0.25) is 0 Å². The number of carbonyl (C=O) groups is 5. The summed E-state index contributed by atoms with van der Waals surface area (Å²) in [5.41, 5.74) is 11.6. The molecule has 3 rings (SSSR count). The Morgan fingerprint density at radius 3 is 1.85 bits per heavy atom. The number of amides is 2. The summed E-state index contributed by atoms with van der Waals surface area (Å²) in [5.74, 6) is -4.03. The molecular weight excluding hydrogens is 536 g/mol. The SMILES string of the molecule is CC(C)[C@H](N)C(=O)O.CC(O)C(=O)O.CC1(C)S[C@@H]2[C@H](NC(=O)[C@H](N)c3ccc(O)cc3)C(=O)N2[C@H]1C(=O)O. The number of phenols is 1. The van der Waals surface area contributed by atoms with Gasteiger partial charge >= 0.3 is 17.9 Å². The summed E-state index contributed by atoms with van der Waals surface area (Å²) in [5, 5.41) is 44.9. The second-order valence-electron chi connectivity index (χ2n) is 9.78. The molecule has 2 heterocycles. The number of hydrogen-bond donors (Lipinski definition) is 8. The Balaban J connectivity index is 0.000000450. The molecule has 218 valence electrons. The molecule has 1 unspecified atom stereocenters. The minimum Gasteiger partial charge on any atom is -0.508 e. The number of hydrogen-bond acceptors (Lipinski definition) is 10. The second-order valence-corrected chi connectivity index (χ2v) is 11.5. The molecular formula is C24H36N4O10S. The Labute approximate surface area is 229 Å². The van der Waals surface area contributed by atoms with Crippen molar-refractivity contribution in [2.75, 3.05) is 0 Å². The maximum Gasteiger partial charge on any atom is 0.332 e. The van der Waals surface area contributed by atoms with E-state index in [9.17, 15) is 34.2 Å². The molecule has 0 saturated carbocycles. The van der Waals surface area contributed by atoms with E-state index in [4.69, 9.17) is 26.8 Å². The number of benzene rings is 1. The fraction of sp³-hybridized carbons (Fsp3) is 0.542. The van der Waals surface area contributed by atoms with Gasteiger partial charge < -0.3 is 47.2 Å². The molecule has 2 aliphatic heterocycles. The highest BCUT2D eigenvalue weighted by Crippen LogP contribution is 2.50. The normalized spacial score (nSPS) is 22.9. The van der Waals surface area contributed by atoms with Crippen LogP contribution in [0.25, 0.3) is 0 Å². The summed E-state index contributed by atoms with van der Waals surface area (Å²) < 4.78 is -0.648. The van der Waals surface area contributed by atoms with Crippen LogP contribution in [0, 0.1) is 5.92 Å². The van der Waals surface area contributed by atoms with Crippen LogP contribution in [-0.2, 0) is 24.0 Å². The van der Waals surface area contributed by atoms with Crippen molar-refractivity contribution >= 4 is 41.5 Å². The molecule has 1 aromatic carbocycles. The van der Waals surface area contributed by atoms with Gasteiger partial charge in [0.25, 0.3) is 0 Å². The fourth-order valence-corrected chi connectivity index (χ4v) is 5.13. The van der Waals surface area contributed by atoms with Crippen molar-refractivity contribution in [2.24, 2.45) is 17.4 Å². The third-order valence-electron chi connectivity index (χ3n) is 5.87. The van der Waals surface area contributed by atoms with E-state index in [2.05, 4.69) is 5.32 Å². The number of carbonyl (C=O) groups excluding carboxylic acids is 2. The van der Waals surface area contributed by atoms with Crippen molar-refractivity contribution < 1.29 is 49.5 Å². The molecule has 0 aliphatic carbocycles. The summed E-state index contributed by atoms with van der Waals surface area (Å²) >= 11 is 1.35. The number of aliphatic hydroxyl groups excluding tert-OH is 1. The number of nitrogens with two attached hydrogens (primary N) is 2. The lowest BCUT2D eigenvalue weighted by Crippen LogP contribution is -2.71. The van der Waals surface area contributed by atoms with E-state index in [1.165, 1.54) is 47.9 Å². The number of thioether (sulfide) groups is 1. The lowest BCUT2D eigenvalue weighted by atomic mass is 9.95. The lowest BCUT2D eigenvalue weighted by Gasteiger charge is -2.43. The Bertz CT molecular complexity index is 1060. The Kier molecular flexibility index (Phi) is 11.7. The number of carboxylic acid groups (broad SMARTS) is 3. The van der Waals surface area contributed by atoms with Crippen LogP contribution in [0.1, 0.15) is 46.2 Å². The number of aliphatic hydroxyl groups is 1. The number of aromatic hydroxyl groups is 1. The molecule has 0 aromatic heterocycles. The van der Waals surface area contributed by atoms with Crippen molar-refractivity contribution in [1.29, 1.82) is 0 Å². The Hall–Kier alpha value is -3.40. The van der Waals surface area contributed by atoms with Gasteiger partial charge in [-0.15, -0.1) is 11.8 Å². The summed E-state index contributed by atoms with van der Waals surface area (Å²) in [4.78, 5) is 56.9. The molecule has 6 atom stereocenters. The van der Waals surface area contributed by atoms with Crippen molar-refractivity contribution in [3.05, 3.63) is 29.8 Å². The van der Waals surface area contributed by atoms with E-state index in [-0.39, 0.29) is 11.7 Å². The summed E-state index contributed by atoms with van der Waals surface area (Å²) in [6.45, 7) is 8.28. The Morgan fingerprint density at radius 1 is 1.00 bits per heavy atom. The topological polar surface area (TPSA) is 254 Å². The van der Waals surface area contributed by atoms with Crippen LogP contribution in [0.5, 0.6) is 5.75 Å². The van der Waals surface area contributed by atoms with Gasteiger partial charge in [-0.25, -0.2) is 9.59 Å². The molecule has 1 aromatic rings. The van der Waals surface area contributed by atoms with Crippen LogP contribution in [0.15, 0.2) is 24.3 Å². The predicted octanol–water partition coefficient (Wildman–Crippen LogP) is -0.470. The quantitative estimate of drug-likeness (QED) is 0.193. The molecule has 0 spiro atoms. The molecule has 14 nitrogen and oxygen atoms in total. The average molecular weight is 573 g/mol. The Morgan fingerprint density at radius 2 is 1.49 bits per heavy atom. The highest BCUT2D eigenvalue weighted by atomic mass is 32.2. The standard InChI is InChI=1S/C16H19N3O5S.C5H11NO2.C3H6O3/c1-16(2)11(15(23)24)19-13(22)10(14(19)25-16)18-12(21)9(17)7-3-5-8(20)6-4-7;1-3(2)4(6)5(7)8;1-2(4)3(5)6/h3-6,9-11,14,20H,17H2,1-2H3,(H,18,21)(H,23,24);3-4H,6H2,1-2H3,(H,7,8);2,4H,1H3,(H,5,6)/t9-,10-,11+,14-;4-;/m10./s1. The smallest absolute Gasteiger partial charge is 0.332 e. The monoisotopic (exact) mass is 572 g/mol. The first-order valence-corrected chi connectivity index (χ1v) is 12.7. The highest BCUT2D eigenvalue weighted by Gasteiger charge is 2.64. The molecule has 0 bridgehead atoms. The number of phenolic OH excluding ortho intramolecular Hbond substituents is 1. The van der Waals surface area contributed by atoms with Gasteiger partial charge in [-0.1, -0.05) is 26.0 Å². The third-order valence-corrected chi connectivity index (χ3v) is 7.44. The number of nitrogens with zero attached hydrogens (tertiary/aromatic N) is 1. The van der Waals surface area contributed by atoms with Crippen LogP contribution < -0.4 is 16.8 Å². The number of aliphatic carboxylic acids is 3. The minimum absolute atomic E-state index is 0.0208. The predicted molar refractivity (Wildman–Crippen MR) is 140 cm³/mol. The average Bonchev–Trinajstić information content (AvgIpc) is 3.10. The van der Waals surface area contributed by atoms with E-state index >= 15 is 0 Å². The van der Waals surface area contributed by atoms with Crippen molar-refractivity contribution in [2.45, 2.75) is 75.0 Å². The van der Waals surface area contributed by atoms with Gasteiger partial charge in [0.15, 0.2) is 0 Å². The van der Waals surface area contributed by atoms with Crippen LogP contribution >= 0.6 is 11.8 Å². The van der Waals surface area contributed by atoms with Gasteiger partial charge in [-0.2, -0.15) is 0 Å². The zero-order valence-corrected chi connectivity index (χ0v) is 23.0. The van der Waals surface area contributed by atoms with E-state index < -0.39 is 70.1 Å². The minimum atomic E-state index is -1.23. The van der Waals surface area contributed by atoms with E-state index in [0.717, 1.165) is 0 Å². The van der Waals surface area contributed by atoms with Crippen molar-refractivity contribution in [1.82, 2.24) is 10.2 Å². The zero-order chi connectivity index (χ0) is 30.4. The van der Waals surface area contributed by atoms with Crippen LogP contribution in [0.3, 0.4) is 0 Å². The molecule has 15 heteroatoms. The third kappa shape index (κ3) is 8.54. The van der Waals surface area contributed by atoms with Crippen molar-refractivity contribution in [3.8, 4) is 5.75 Å². The number of rotatable bonds is 7. The lowest BCUT2D eigenvalue weighted by molar-refractivity contribution is -0.161. The molecule has 10 N–H and O–H groups in total. The van der Waals surface area contributed by atoms with E-state index in [1.807, 2.05) is 0 Å². The molecule has 39 heavy (non-hydrogen) atoms. The van der Waals surface area contributed by atoms with Crippen molar-refractivity contribution in [3.63, 3.8) is 0 Å². The molecule has 2 saturated heterocycles. The first-order chi connectivity index (χ1) is 17.8. The first-order valence-electron chi connectivity index (χ1n) is 11.8. The fourth-order valence-electron chi connectivity index (χ4n) is 3.51. The summed E-state index contributed by atoms with van der Waals surface area (Å²) in [7, 11) is 0. The number of β-lactam (4-membered cyclic amide) rings is 1. The molecule has 0 radical (unpaired) electrons. The maximum absolute atomic E-state index is 12.3. The van der Waals surface area contributed by atoms with Gasteiger partial charge in [-0.3, -0.25) is 14.4 Å². The van der Waals surface area contributed by atoms with E-state index in [1.54, 1.807) is 27.7 Å². The molecule has 2 fully saturated rings. The van der Waals surface area contributed by atoms with Gasteiger partial charge in [0, 0.05) is 4.75 Å². The number of fused-ring (bicyclic) bond motifs is 1. The van der Waals surface area contributed by atoms with E-state index in [0.29, 0.717) is 5.56 Å². The summed E-state index contributed by atoms with van der Waals surface area (Å²) in [6.07, 6.45) is -1.23. The molecule has 2 amide bonds. The highest BCUT2D eigenvalue weighted by molar-refractivity contribution is 8.01. The van der Waals surface area contributed by atoms with Gasteiger partial charge in [0.2, 0.25) is 11.8 Å². The van der Waals surface area contributed by atoms with Gasteiger partial charge in [0.1, 0.15) is 41.4 Å². The van der Waals surface area contributed by atoms with Gasteiger partial charge in [-0.05, 0) is 44.4 Å². The summed E-state index contributed by atoms with van der Waals surface area (Å²) in [6, 6.07) is 2.49. The zero-order valence-electron chi connectivity index (χ0n) is 22.1. The maximum atomic E-state index is 12.3. The first kappa shape index (κ1) is 33.6. The van der Waals surface area contributed by atoms with Crippen LogP contribution in [-0.4, -0.2) is 94.5 Å². The van der Waals surface area contributed by atoms with Crippen LogP contribution in [0.4, 0.5) is 0 Å². The largest absolute Gasteiger partial charge is 0.508 e.